The molecule has 0 spiro atoms. The van der Waals surface area contributed by atoms with E-state index < -0.39 is 0 Å². The number of anilines is 3. The minimum atomic E-state index is -0.204. The topological polar surface area (TPSA) is 18.5 Å². The molecular weight excluding hydrogens is 373 g/mol. The van der Waals surface area contributed by atoms with Gasteiger partial charge >= 0.3 is 0 Å². The fraction of sp³-hybridized carbons (Fsp3) is 0.280. The third kappa shape index (κ3) is 5.10. The van der Waals surface area contributed by atoms with E-state index in [0.717, 1.165) is 25.5 Å². The highest BCUT2D eigenvalue weighted by molar-refractivity contribution is 7.58. The highest BCUT2D eigenvalue weighted by Gasteiger charge is 2.25. The molecule has 0 atom stereocenters. The molecule has 0 amide bonds. The lowest BCUT2D eigenvalue weighted by atomic mass is 10.2. The summed E-state index contributed by atoms with van der Waals surface area (Å²) in [7, 11) is -0.204. The Labute approximate surface area is 176 Å². The Kier molecular flexibility index (Phi) is 6.06. The molecule has 0 bridgehead atoms. The fourth-order valence-corrected chi connectivity index (χ4v) is 5.80. The summed E-state index contributed by atoms with van der Waals surface area (Å²) in [5.41, 5.74) is 7.77. The van der Waals surface area contributed by atoms with Crippen LogP contribution < -0.4 is 15.1 Å². The minimum absolute atomic E-state index is 0.204. The molecule has 0 saturated carbocycles. The smallest absolute Gasteiger partial charge is 0.0910 e. The van der Waals surface area contributed by atoms with Crippen LogP contribution in [0.2, 0.25) is 0 Å². The van der Waals surface area contributed by atoms with E-state index in [1.165, 1.54) is 33.8 Å². The van der Waals surface area contributed by atoms with Crippen LogP contribution in [0.5, 0.6) is 0 Å². The van der Waals surface area contributed by atoms with Crippen molar-refractivity contribution >= 4 is 25.0 Å². The van der Waals surface area contributed by atoms with E-state index in [2.05, 4.69) is 109 Å². The van der Waals surface area contributed by atoms with Crippen LogP contribution in [-0.2, 0) is 0 Å². The molecule has 0 radical (unpaired) electrons. The second-order valence-corrected chi connectivity index (χ2v) is 10.3. The molecule has 1 fully saturated rings. The zero-order valence-electron chi connectivity index (χ0n) is 17.6. The van der Waals surface area contributed by atoms with Crippen LogP contribution in [0, 0.1) is 20.8 Å². The predicted molar refractivity (Wildman–Crippen MR) is 129 cm³/mol. The maximum absolute atomic E-state index is 3.68. The van der Waals surface area contributed by atoms with Gasteiger partial charge in [-0.05, 0) is 65.1 Å². The molecule has 0 aliphatic carbocycles. The molecule has 3 nitrogen and oxygen atoms in total. The van der Waals surface area contributed by atoms with Gasteiger partial charge in [-0.1, -0.05) is 53.1 Å². The fourth-order valence-electron chi connectivity index (χ4n) is 3.64. The molecular formula is C25H30N3P. The number of nitrogens with one attached hydrogen (secondary N) is 1. The van der Waals surface area contributed by atoms with Gasteiger partial charge in [-0.2, -0.15) is 0 Å². The predicted octanol–water partition coefficient (Wildman–Crippen LogP) is 6.36. The molecule has 3 aromatic rings. The summed E-state index contributed by atoms with van der Waals surface area (Å²) in [5, 5.41) is 3.68. The maximum atomic E-state index is 3.68. The Bertz CT molecular complexity index is 866. The number of benzene rings is 3. The number of aryl methyl sites for hydroxylation is 3. The standard InChI is InChI=1S/C25H30N3P/c1-20-4-10-23(11-5-20)26-16-29-18-27(24-12-6-21(2)7-13-24)17-28(19-29)25-14-8-22(3)9-15-25/h4-15,26H,16-19H2,1-3H3. The van der Waals surface area contributed by atoms with Crippen LogP contribution in [0.25, 0.3) is 0 Å². The molecule has 0 unspecified atom stereocenters. The average Bonchev–Trinajstić information content (AvgIpc) is 2.74. The lowest BCUT2D eigenvalue weighted by molar-refractivity contribution is 0.795. The Hall–Kier alpha value is -2.51. The van der Waals surface area contributed by atoms with Gasteiger partial charge in [-0.15, -0.1) is 0 Å². The van der Waals surface area contributed by atoms with Crippen molar-refractivity contribution in [3.8, 4) is 0 Å². The third-order valence-corrected chi connectivity index (χ3v) is 7.53. The quantitative estimate of drug-likeness (QED) is 0.500. The summed E-state index contributed by atoms with van der Waals surface area (Å²) in [6.07, 6.45) is 3.28. The molecule has 1 N–H and O–H groups in total. The molecule has 1 aliphatic heterocycles. The summed E-state index contributed by atoms with van der Waals surface area (Å²) < 4.78 is 0. The summed E-state index contributed by atoms with van der Waals surface area (Å²) in [4.78, 5) is 5.07. The molecule has 1 aliphatic rings. The van der Waals surface area contributed by atoms with Gasteiger partial charge in [0.25, 0.3) is 0 Å². The molecule has 1 heterocycles. The van der Waals surface area contributed by atoms with Gasteiger partial charge in [-0.25, -0.2) is 0 Å². The molecule has 1 saturated heterocycles. The SMILES string of the molecule is Cc1ccc(NCP2CN(c3ccc(C)cc3)CN(c3ccc(C)cc3)C2)cc1. The maximum Gasteiger partial charge on any atom is 0.0910 e. The first-order valence-corrected chi connectivity index (χ1v) is 12.1. The first-order chi connectivity index (χ1) is 14.1. The van der Waals surface area contributed by atoms with Crippen LogP contribution >= 0.6 is 7.92 Å². The molecule has 4 rings (SSSR count). The van der Waals surface area contributed by atoms with E-state index in [9.17, 15) is 0 Å². The van der Waals surface area contributed by atoms with Crippen LogP contribution in [0.4, 0.5) is 17.1 Å². The number of rotatable bonds is 5. The second-order valence-electron chi connectivity index (χ2n) is 8.05. The van der Waals surface area contributed by atoms with E-state index in [1.54, 1.807) is 0 Å². The Balaban J connectivity index is 1.52. The number of hydrogen-bond donors (Lipinski definition) is 1. The van der Waals surface area contributed by atoms with Crippen molar-refractivity contribution in [1.82, 2.24) is 0 Å². The largest absolute Gasteiger partial charge is 0.381 e. The van der Waals surface area contributed by atoms with E-state index in [0.29, 0.717) is 0 Å². The monoisotopic (exact) mass is 403 g/mol. The van der Waals surface area contributed by atoms with Gasteiger partial charge in [0.1, 0.15) is 0 Å². The summed E-state index contributed by atoms with van der Waals surface area (Å²) in [6.45, 7) is 7.37. The van der Waals surface area contributed by atoms with Gasteiger partial charge < -0.3 is 15.1 Å². The first-order valence-electron chi connectivity index (χ1n) is 10.2. The summed E-state index contributed by atoms with van der Waals surface area (Å²) in [6, 6.07) is 26.6. The normalized spacial score (nSPS) is 14.9. The highest BCUT2D eigenvalue weighted by atomic mass is 31.1. The lowest BCUT2D eigenvalue weighted by Gasteiger charge is -2.43. The van der Waals surface area contributed by atoms with E-state index in [1.807, 2.05) is 0 Å². The van der Waals surface area contributed by atoms with Crippen molar-refractivity contribution in [2.45, 2.75) is 20.8 Å². The van der Waals surface area contributed by atoms with Gasteiger partial charge in [0.2, 0.25) is 0 Å². The van der Waals surface area contributed by atoms with E-state index in [-0.39, 0.29) is 7.92 Å². The second kappa shape index (κ2) is 8.88. The van der Waals surface area contributed by atoms with Crippen molar-refractivity contribution in [3.63, 3.8) is 0 Å². The van der Waals surface area contributed by atoms with Crippen LogP contribution in [0.1, 0.15) is 16.7 Å². The molecule has 0 aromatic heterocycles. The highest BCUT2D eigenvalue weighted by Crippen LogP contribution is 2.43. The lowest BCUT2D eigenvalue weighted by Crippen LogP contribution is -2.44. The molecule has 4 heteroatoms. The molecule has 29 heavy (non-hydrogen) atoms. The average molecular weight is 404 g/mol. The van der Waals surface area contributed by atoms with E-state index >= 15 is 0 Å². The van der Waals surface area contributed by atoms with Crippen molar-refractivity contribution < 1.29 is 0 Å². The van der Waals surface area contributed by atoms with Crippen molar-refractivity contribution in [1.29, 1.82) is 0 Å². The third-order valence-electron chi connectivity index (χ3n) is 5.44. The van der Waals surface area contributed by atoms with Gasteiger partial charge in [0, 0.05) is 35.9 Å². The Morgan fingerprint density at radius 3 is 1.52 bits per heavy atom. The van der Waals surface area contributed by atoms with Crippen LogP contribution in [0.3, 0.4) is 0 Å². The summed E-state index contributed by atoms with van der Waals surface area (Å²) in [5.74, 6) is 0. The molecule has 150 valence electrons. The van der Waals surface area contributed by atoms with Crippen molar-refractivity contribution in [3.05, 3.63) is 89.5 Å². The van der Waals surface area contributed by atoms with Crippen LogP contribution in [0.15, 0.2) is 72.8 Å². The van der Waals surface area contributed by atoms with E-state index in [4.69, 9.17) is 0 Å². The summed E-state index contributed by atoms with van der Waals surface area (Å²) >= 11 is 0. The van der Waals surface area contributed by atoms with Crippen LogP contribution in [-0.4, -0.2) is 25.5 Å². The zero-order valence-corrected chi connectivity index (χ0v) is 18.5. The van der Waals surface area contributed by atoms with Gasteiger partial charge in [0.05, 0.1) is 6.67 Å². The van der Waals surface area contributed by atoms with Crippen molar-refractivity contribution in [2.24, 2.45) is 0 Å². The van der Waals surface area contributed by atoms with Gasteiger partial charge in [-0.3, -0.25) is 0 Å². The number of nitrogens with zero attached hydrogens (tertiary/aromatic N) is 2. The molecule has 3 aromatic carbocycles. The first kappa shape index (κ1) is 19.8. The Morgan fingerprint density at radius 1 is 0.655 bits per heavy atom. The minimum Gasteiger partial charge on any atom is -0.381 e. The van der Waals surface area contributed by atoms with Crippen molar-refractivity contribution in [2.75, 3.05) is 40.6 Å². The zero-order chi connectivity index (χ0) is 20.2. The Morgan fingerprint density at radius 2 is 1.07 bits per heavy atom. The number of hydrogen-bond acceptors (Lipinski definition) is 3. The van der Waals surface area contributed by atoms with Gasteiger partial charge in [0.15, 0.2) is 0 Å².